The molecule has 4 N–H and O–H groups in total. The molecule has 4 rings (SSSR count). The SMILES string of the molecule is CC(C)C(NC(=O)c1cc2ccccc2o1)C(=O)N[C@@H](Cc1ccccc1)C(=O)N[C@H](C=O)C[C@@H]1CCNC1=O. The van der Waals surface area contributed by atoms with Gasteiger partial charge in [-0.15, -0.1) is 0 Å². The van der Waals surface area contributed by atoms with Crippen LogP contribution < -0.4 is 21.3 Å². The molecule has 3 aromatic rings. The molecular formula is C30H34N4O6. The first-order chi connectivity index (χ1) is 19.2. The van der Waals surface area contributed by atoms with E-state index in [4.69, 9.17) is 4.42 Å². The smallest absolute Gasteiger partial charge is 0.287 e. The molecule has 1 fully saturated rings. The number of furan rings is 1. The van der Waals surface area contributed by atoms with E-state index in [0.29, 0.717) is 24.8 Å². The number of hydrogen-bond donors (Lipinski definition) is 4. The first-order valence-corrected chi connectivity index (χ1v) is 13.4. The van der Waals surface area contributed by atoms with Crippen LogP contribution in [0.5, 0.6) is 0 Å². The lowest BCUT2D eigenvalue weighted by Crippen LogP contribution is -2.57. The second-order valence-electron chi connectivity index (χ2n) is 10.4. The van der Waals surface area contributed by atoms with Crippen LogP contribution in [-0.2, 0) is 25.6 Å². The molecule has 1 aromatic heterocycles. The van der Waals surface area contributed by atoms with Crippen LogP contribution in [0.4, 0.5) is 0 Å². The molecule has 0 aliphatic carbocycles. The van der Waals surface area contributed by atoms with E-state index in [1.54, 1.807) is 32.0 Å². The van der Waals surface area contributed by atoms with Gasteiger partial charge in [-0.1, -0.05) is 62.4 Å². The number of aldehydes is 1. The van der Waals surface area contributed by atoms with Gasteiger partial charge in [-0.25, -0.2) is 0 Å². The average Bonchev–Trinajstić information content (AvgIpc) is 3.57. The van der Waals surface area contributed by atoms with Crippen LogP contribution in [0.2, 0.25) is 0 Å². The molecule has 0 bridgehead atoms. The van der Waals surface area contributed by atoms with Gasteiger partial charge in [-0.05, 0) is 36.5 Å². The number of benzene rings is 2. The lowest BCUT2D eigenvalue weighted by atomic mass is 9.98. The van der Waals surface area contributed by atoms with Crippen molar-refractivity contribution in [2.45, 2.75) is 51.2 Å². The molecular weight excluding hydrogens is 512 g/mol. The lowest BCUT2D eigenvalue weighted by Gasteiger charge is -2.26. The van der Waals surface area contributed by atoms with Gasteiger partial charge in [-0.3, -0.25) is 19.2 Å². The number of nitrogens with one attached hydrogen (secondary N) is 4. The molecule has 210 valence electrons. The molecule has 10 heteroatoms. The zero-order valence-electron chi connectivity index (χ0n) is 22.5. The summed E-state index contributed by atoms with van der Waals surface area (Å²) in [5.74, 6) is -2.40. The first-order valence-electron chi connectivity index (χ1n) is 13.4. The predicted octanol–water partition coefficient (Wildman–Crippen LogP) is 2.12. The first kappa shape index (κ1) is 28.5. The van der Waals surface area contributed by atoms with Gasteiger partial charge in [0.2, 0.25) is 17.7 Å². The van der Waals surface area contributed by atoms with Gasteiger partial charge in [0.15, 0.2) is 5.76 Å². The van der Waals surface area contributed by atoms with Crippen LogP contribution in [0.3, 0.4) is 0 Å². The maximum Gasteiger partial charge on any atom is 0.287 e. The Balaban J connectivity index is 1.48. The number of para-hydroxylation sites is 1. The Morgan fingerprint density at radius 2 is 1.73 bits per heavy atom. The normalized spacial score (nSPS) is 17.1. The van der Waals surface area contributed by atoms with Crippen LogP contribution in [0.15, 0.2) is 65.1 Å². The highest BCUT2D eigenvalue weighted by atomic mass is 16.3. The number of fused-ring (bicyclic) bond motifs is 1. The summed E-state index contributed by atoms with van der Waals surface area (Å²) in [6.07, 6.45) is 1.53. The van der Waals surface area contributed by atoms with Crippen molar-refractivity contribution in [1.29, 1.82) is 0 Å². The predicted molar refractivity (Wildman–Crippen MR) is 148 cm³/mol. The Labute approximate surface area is 232 Å². The van der Waals surface area contributed by atoms with E-state index < -0.39 is 35.8 Å². The van der Waals surface area contributed by atoms with Crippen molar-refractivity contribution in [2.75, 3.05) is 6.54 Å². The summed E-state index contributed by atoms with van der Waals surface area (Å²) < 4.78 is 5.64. The van der Waals surface area contributed by atoms with Crippen LogP contribution in [-0.4, -0.2) is 54.6 Å². The van der Waals surface area contributed by atoms with Crippen LogP contribution in [0.1, 0.15) is 42.8 Å². The van der Waals surface area contributed by atoms with E-state index >= 15 is 0 Å². The van der Waals surface area contributed by atoms with Crippen molar-refractivity contribution in [2.24, 2.45) is 11.8 Å². The summed E-state index contributed by atoms with van der Waals surface area (Å²) in [6, 6.07) is 15.1. The number of carbonyl (C=O) groups excluding carboxylic acids is 5. The second-order valence-corrected chi connectivity index (χ2v) is 10.4. The lowest BCUT2D eigenvalue weighted by molar-refractivity contribution is -0.131. The minimum absolute atomic E-state index is 0.0722. The number of amides is 4. The third-order valence-corrected chi connectivity index (χ3v) is 6.99. The maximum absolute atomic E-state index is 13.4. The Bertz CT molecular complexity index is 1340. The van der Waals surface area contributed by atoms with Crippen LogP contribution >= 0.6 is 0 Å². The van der Waals surface area contributed by atoms with Gasteiger partial charge >= 0.3 is 0 Å². The molecule has 0 radical (unpaired) electrons. The van der Waals surface area contributed by atoms with E-state index in [1.807, 2.05) is 42.5 Å². The Kier molecular flexibility index (Phi) is 9.31. The van der Waals surface area contributed by atoms with Crippen molar-refractivity contribution in [3.8, 4) is 0 Å². The summed E-state index contributed by atoms with van der Waals surface area (Å²) in [5.41, 5.74) is 1.35. The quantitative estimate of drug-likeness (QED) is 0.256. The summed E-state index contributed by atoms with van der Waals surface area (Å²) in [5, 5.41) is 11.7. The van der Waals surface area contributed by atoms with Gasteiger partial charge in [0.25, 0.3) is 5.91 Å². The number of hydrogen-bond acceptors (Lipinski definition) is 6. The molecule has 4 amide bonds. The Hall–Kier alpha value is -4.47. The van der Waals surface area contributed by atoms with E-state index in [0.717, 1.165) is 10.9 Å². The monoisotopic (exact) mass is 546 g/mol. The van der Waals surface area contributed by atoms with Gasteiger partial charge in [0, 0.05) is 24.3 Å². The number of rotatable bonds is 12. The van der Waals surface area contributed by atoms with Crippen LogP contribution in [0, 0.1) is 11.8 Å². The van der Waals surface area contributed by atoms with Crippen molar-refractivity contribution >= 4 is 40.9 Å². The van der Waals surface area contributed by atoms with Crippen molar-refractivity contribution in [3.05, 3.63) is 72.0 Å². The number of carbonyl (C=O) groups is 5. The molecule has 2 aromatic carbocycles. The standard InChI is InChI=1S/C30H34N4O6/c1-18(2)26(34-29(38)25-16-20-10-6-7-11-24(20)40-25)30(39)33-23(14-19-8-4-3-5-9-19)28(37)32-22(17-35)15-21-12-13-31-27(21)36/h3-11,16-18,21-23,26H,12-15H2,1-2H3,(H,31,36)(H,32,37)(H,33,39)(H,34,38)/t21-,22-,23-,26?/m0/s1. The fourth-order valence-electron chi connectivity index (χ4n) is 4.77. The molecule has 10 nitrogen and oxygen atoms in total. The summed E-state index contributed by atoms with van der Waals surface area (Å²) >= 11 is 0. The van der Waals surface area contributed by atoms with Crippen molar-refractivity contribution in [1.82, 2.24) is 21.3 Å². The largest absolute Gasteiger partial charge is 0.451 e. The third-order valence-electron chi connectivity index (χ3n) is 6.99. The fraction of sp³-hybridized carbons (Fsp3) is 0.367. The summed E-state index contributed by atoms with van der Waals surface area (Å²) in [4.78, 5) is 63.5. The van der Waals surface area contributed by atoms with Crippen molar-refractivity contribution < 1.29 is 28.4 Å². The Morgan fingerprint density at radius 3 is 2.38 bits per heavy atom. The second kappa shape index (κ2) is 13.1. The van der Waals surface area contributed by atoms with Gasteiger partial charge in [0.05, 0.1) is 6.04 Å². The third kappa shape index (κ3) is 7.13. The van der Waals surface area contributed by atoms with E-state index in [1.165, 1.54) is 0 Å². The molecule has 1 aliphatic rings. The average molecular weight is 547 g/mol. The molecule has 0 spiro atoms. The molecule has 2 heterocycles. The molecule has 4 atom stereocenters. The molecule has 1 unspecified atom stereocenters. The molecule has 40 heavy (non-hydrogen) atoms. The zero-order chi connectivity index (χ0) is 28.6. The van der Waals surface area contributed by atoms with Gasteiger partial charge < -0.3 is 30.5 Å². The minimum Gasteiger partial charge on any atom is -0.451 e. The van der Waals surface area contributed by atoms with Gasteiger partial charge in [0.1, 0.15) is 24.0 Å². The minimum atomic E-state index is -1.03. The van der Waals surface area contributed by atoms with E-state index in [9.17, 15) is 24.0 Å². The summed E-state index contributed by atoms with van der Waals surface area (Å²) in [6.45, 7) is 4.10. The highest BCUT2D eigenvalue weighted by molar-refractivity contribution is 5.99. The highest BCUT2D eigenvalue weighted by Gasteiger charge is 2.32. The molecule has 1 aliphatic heterocycles. The highest BCUT2D eigenvalue weighted by Crippen LogP contribution is 2.19. The fourth-order valence-corrected chi connectivity index (χ4v) is 4.77. The molecule has 1 saturated heterocycles. The molecule has 0 saturated carbocycles. The van der Waals surface area contributed by atoms with Crippen molar-refractivity contribution in [3.63, 3.8) is 0 Å². The zero-order valence-corrected chi connectivity index (χ0v) is 22.5. The van der Waals surface area contributed by atoms with E-state index in [-0.39, 0.29) is 36.3 Å². The summed E-state index contributed by atoms with van der Waals surface area (Å²) in [7, 11) is 0. The van der Waals surface area contributed by atoms with Crippen LogP contribution in [0.25, 0.3) is 11.0 Å². The maximum atomic E-state index is 13.4. The topological polar surface area (TPSA) is 147 Å². The Morgan fingerprint density at radius 1 is 1.00 bits per heavy atom. The van der Waals surface area contributed by atoms with Gasteiger partial charge in [-0.2, -0.15) is 0 Å². The van der Waals surface area contributed by atoms with E-state index in [2.05, 4.69) is 21.3 Å².